The molecule has 0 radical (unpaired) electrons. The van der Waals surface area contributed by atoms with Crippen molar-refractivity contribution in [1.82, 2.24) is 9.71 Å². The SMILES string of the molecule is CC(NS(=O)(=O)c1ccc(F)cc1Br)c1nccs1. The maximum absolute atomic E-state index is 13.0. The Morgan fingerprint density at radius 1 is 1.47 bits per heavy atom. The predicted molar refractivity (Wildman–Crippen MR) is 75.0 cm³/mol. The summed E-state index contributed by atoms with van der Waals surface area (Å²) in [6.07, 6.45) is 1.61. The molecular weight excluding hydrogens is 355 g/mol. The molecule has 0 aliphatic rings. The highest BCUT2D eigenvalue weighted by Crippen LogP contribution is 2.25. The summed E-state index contributed by atoms with van der Waals surface area (Å²) in [7, 11) is -3.73. The molecule has 102 valence electrons. The minimum atomic E-state index is -3.73. The van der Waals surface area contributed by atoms with Gasteiger partial charge in [0.15, 0.2) is 0 Å². The van der Waals surface area contributed by atoms with Crippen LogP contribution in [0.25, 0.3) is 0 Å². The molecule has 8 heteroatoms. The van der Waals surface area contributed by atoms with E-state index in [9.17, 15) is 12.8 Å². The highest BCUT2D eigenvalue weighted by molar-refractivity contribution is 9.10. The van der Waals surface area contributed by atoms with Crippen molar-refractivity contribution in [2.45, 2.75) is 17.9 Å². The van der Waals surface area contributed by atoms with Crippen molar-refractivity contribution < 1.29 is 12.8 Å². The fourth-order valence-electron chi connectivity index (χ4n) is 1.49. The van der Waals surface area contributed by atoms with Crippen LogP contribution in [-0.2, 0) is 10.0 Å². The van der Waals surface area contributed by atoms with E-state index in [-0.39, 0.29) is 9.37 Å². The molecule has 0 fully saturated rings. The van der Waals surface area contributed by atoms with Gasteiger partial charge in [0.25, 0.3) is 0 Å². The minimum absolute atomic E-state index is 0.00249. The normalized spacial score (nSPS) is 13.4. The van der Waals surface area contributed by atoms with Gasteiger partial charge in [-0.2, -0.15) is 0 Å². The smallest absolute Gasteiger partial charge is 0.242 e. The van der Waals surface area contributed by atoms with Gasteiger partial charge in [-0.3, -0.25) is 0 Å². The fraction of sp³-hybridized carbons (Fsp3) is 0.182. The van der Waals surface area contributed by atoms with Gasteiger partial charge in [-0.1, -0.05) is 0 Å². The molecule has 1 atom stereocenters. The predicted octanol–water partition coefficient (Wildman–Crippen LogP) is 3.08. The summed E-state index contributed by atoms with van der Waals surface area (Å²) in [5, 5.41) is 2.44. The minimum Gasteiger partial charge on any atom is -0.248 e. The highest BCUT2D eigenvalue weighted by atomic mass is 79.9. The van der Waals surface area contributed by atoms with Gasteiger partial charge in [0, 0.05) is 16.0 Å². The number of thiazole rings is 1. The van der Waals surface area contributed by atoms with E-state index in [0.29, 0.717) is 5.01 Å². The summed E-state index contributed by atoms with van der Waals surface area (Å²) in [5.74, 6) is -0.501. The van der Waals surface area contributed by atoms with Crippen LogP contribution in [0.2, 0.25) is 0 Å². The molecule has 2 aromatic rings. The van der Waals surface area contributed by atoms with E-state index >= 15 is 0 Å². The number of sulfonamides is 1. The van der Waals surface area contributed by atoms with Crippen LogP contribution in [0.4, 0.5) is 4.39 Å². The first-order valence-corrected chi connectivity index (χ1v) is 8.42. The molecule has 4 nitrogen and oxygen atoms in total. The number of halogens is 2. The van der Waals surface area contributed by atoms with Crippen molar-refractivity contribution >= 4 is 37.3 Å². The van der Waals surface area contributed by atoms with Gasteiger partial charge in [-0.15, -0.1) is 11.3 Å². The van der Waals surface area contributed by atoms with E-state index in [0.717, 1.165) is 12.1 Å². The van der Waals surface area contributed by atoms with Gasteiger partial charge < -0.3 is 0 Å². The Hall–Kier alpha value is -0.830. The van der Waals surface area contributed by atoms with Crippen LogP contribution >= 0.6 is 27.3 Å². The van der Waals surface area contributed by atoms with Crippen LogP contribution < -0.4 is 4.72 Å². The van der Waals surface area contributed by atoms with Gasteiger partial charge in [0.1, 0.15) is 10.8 Å². The summed E-state index contributed by atoms with van der Waals surface area (Å²) in [6, 6.07) is 2.99. The number of aromatic nitrogens is 1. The molecule has 1 aromatic carbocycles. The fourth-order valence-corrected chi connectivity index (χ4v) is 4.47. The zero-order valence-corrected chi connectivity index (χ0v) is 13.0. The topological polar surface area (TPSA) is 59.1 Å². The van der Waals surface area contributed by atoms with Crippen LogP contribution in [0, 0.1) is 5.82 Å². The Balaban J connectivity index is 2.28. The second kappa shape index (κ2) is 5.66. The third kappa shape index (κ3) is 3.38. The molecule has 1 aromatic heterocycles. The first-order chi connectivity index (χ1) is 8.90. The molecule has 1 N–H and O–H groups in total. The summed E-state index contributed by atoms with van der Waals surface area (Å²) >= 11 is 4.41. The van der Waals surface area contributed by atoms with Crippen molar-refractivity contribution in [3.8, 4) is 0 Å². The molecule has 0 saturated heterocycles. The van der Waals surface area contributed by atoms with E-state index in [1.54, 1.807) is 18.5 Å². The van der Waals surface area contributed by atoms with Crippen LogP contribution in [0.3, 0.4) is 0 Å². The molecule has 0 saturated carbocycles. The average Bonchev–Trinajstić information content (AvgIpc) is 2.80. The lowest BCUT2D eigenvalue weighted by Gasteiger charge is -2.13. The number of hydrogen-bond donors (Lipinski definition) is 1. The standard InChI is InChI=1S/C11H10BrFN2O2S2/c1-7(11-14-4-5-18-11)15-19(16,17)10-3-2-8(13)6-9(10)12/h2-7,15H,1H3. The zero-order valence-electron chi connectivity index (χ0n) is 9.80. The van der Waals surface area contributed by atoms with E-state index in [1.807, 2.05) is 0 Å². The third-order valence-corrected chi connectivity index (χ3v) is 5.81. The quantitative estimate of drug-likeness (QED) is 0.906. The molecule has 1 unspecified atom stereocenters. The van der Waals surface area contributed by atoms with Gasteiger partial charge in [0.05, 0.1) is 10.9 Å². The molecule has 0 bridgehead atoms. The first kappa shape index (κ1) is 14.6. The molecule has 0 aliphatic heterocycles. The highest BCUT2D eigenvalue weighted by Gasteiger charge is 2.22. The van der Waals surface area contributed by atoms with E-state index in [1.165, 1.54) is 17.4 Å². The van der Waals surface area contributed by atoms with Crippen LogP contribution in [0.1, 0.15) is 18.0 Å². The van der Waals surface area contributed by atoms with Crippen molar-refractivity contribution in [1.29, 1.82) is 0 Å². The Morgan fingerprint density at radius 3 is 2.79 bits per heavy atom. The van der Waals surface area contributed by atoms with Gasteiger partial charge in [-0.05, 0) is 41.1 Å². The summed E-state index contributed by atoms with van der Waals surface area (Å²) in [5.41, 5.74) is 0. The second-order valence-electron chi connectivity index (χ2n) is 3.79. The van der Waals surface area contributed by atoms with Crippen LogP contribution in [-0.4, -0.2) is 13.4 Å². The number of nitrogens with zero attached hydrogens (tertiary/aromatic N) is 1. The Kier molecular flexibility index (Phi) is 4.34. The lowest BCUT2D eigenvalue weighted by molar-refractivity contribution is 0.565. The van der Waals surface area contributed by atoms with Gasteiger partial charge in [-0.25, -0.2) is 22.5 Å². The van der Waals surface area contributed by atoms with E-state index < -0.39 is 21.9 Å². The lowest BCUT2D eigenvalue weighted by Crippen LogP contribution is -2.27. The van der Waals surface area contributed by atoms with Crippen molar-refractivity contribution in [3.05, 3.63) is 45.1 Å². The van der Waals surface area contributed by atoms with E-state index in [4.69, 9.17) is 0 Å². The molecule has 0 amide bonds. The summed E-state index contributed by atoms with van der Waals surface area (Å²) in [4.78, 5) is 4.05. The van der Waals surface area contributed by atoms with Gasteiger partial charge >= 0.3 is 0 Å². The number of benzene rings is 1. The number of nitrogens with one attached hydrogen (secondary N) is 1. The summed E-state index contributed by atoms with van der Waals surface area (Å²) < 4.78 is 40.0. The largest absolute Gasteiger partial charge is 0.248 e. The molecule has 0 spiro atoms. The first-order valence-electron chi connectivity index (χ1n) is 5.27. The molecular formula is C11H10BrFN2O2S2. The number of rotatable bonds is 4. The van der Waals surface area contributed by atoms with Crippen molar-refractivity contribution in [2.75, 3.05) is 0 Å². The number of hydrogen-bond acceptors (Lipinski definition) is 4. The van der Waals surface area contributed by atoms with Gasteiger partial charge in [0.2, 0.25) is 10.0 Å². The van der Waals surface area contributed by atoms with E-state index in [2.05, 4.69) is 25.6 Å². The zero-order chi connectivity index (χ0) is 14.0. The van der Waals surface area contributed by atoms with Crippen molar-refractivity contribution in [3.63, 3.8) is 0 Å². The average molecular weight is 365 g/mol. The Bertz CT molecular complexity index is 674. The Labute approximate surface area is 122 Å². The van der Waals surface area contributed by atoms with Crippen LogP contribution in [0.5, 0.6) is 0 Å². The second-order valence-corrected chi connectivity index (χ2v) is 7.25. The third-order valence-electron chi connectivity index (χ3n) is 2.34. The molecule has 2 rings (SSSR count). The van der Waals surface area contributed by atoms with Crippen molar-refractivity contribution in [2.24, 2.45) is 0 Å². The molecule has 19 heavy (non-hydrogen) atoms. The molecule has 1 heterocycles. The Morgan fingerprint density at radius 2 is 2.21 bits per heavy atom. The molecule has 0 aliphatic carbocycles. The monoisotopic (exact) mass is 364 g/mol. The summed E-state index contributed by atoms with van der Waals surface area (Å²) in [6.45, 7) is 1.70. The maximum atomic E-state index is 13.0. The van der Waals surface area contributed by atoms with Crippen LogP contribution in [0.15, 0.2) is 39.1 Å². The maximum Gasteiger partial charge on any atom is 0.242 e. The lowest BCUT2D eigenvalue weighted by atomic mass is 10.3.